The number of hydrogen-bond donors (Lipinski definition) is 3. The third-order valence-electron chi connectivity index (χ3n) is 2.86. The van der Waals surface area contributed by atoms with Crippen molar-refractivity contribution in [2.24, 2.45) is 0 Å². The lowest BCUT2D eigenvalue weighted by molar-refractivity contribution is 0.0171. The first-order valence-corrected chi connectivity index (χ1v) is 6.25. The molecular weight excluding hydrogens is 272 g/mol. The highest BCUT2D eigenvalue weighted by molar-refractivity contribution is 6.17. The summed E-state index contributed by atoms with van der Waals surface area (Å²) >= 11 is 5.51. The molecule has 5 nitrogen and oxygen atoms in total. The predicted molar refractivity (Wildman–Crippen MR) is 69.5 cm³/mol. The largest absolute Gasteiger partial charge is 0.475 e. The Morgan fingerprint density at radius 1 is 1.32 bits per heavy atom. The number of alkyl halides is 1. The van der Waals surface area contributed by atoms with E-state index in [0.717, 1.165) is 0 Å². The van der Waals surface area contributed by atoms with Crippen molar-refractivity contribution in [3.63, 3.8) is 0 Å². The number of rotatable bonds is 5. The van der Waals surface area contributed by atoms with Crippen LogP contribution in [0.25, 0.3) is 11.0 Å². The van der Waals surface area contributed by atoms with Gasteiger partial charge in [-0.15, -0.1) is 11.6 Å². The summed E-state index contributed by atoms with van der Waals surface area (Å²) < 4.78 is 5.11. The van der Waals surface area contributed by atoms with Crippen molar-refractivity contribution in [1.82, 2.24) is 0 Å². The maximum atomic E-state index is 10.8. The number of furan rings is 1. The number of carboxylic acid groups (broad SMARTS) is 1. The number of fused-ring (bicyclic) bond motifs is 1. The summed E-state index contributed by atoms with van der Waals surface area (Å²) in [5, 5.41) is 29.0. The minimum Gasteiger partial charge on any atom is -0.475 e. The summed E-state index contributed by atoms with van der Waals surface area (Å²) in [7, 11) is 0. The average molecular weight is 285 g/mol. The summed E-state index contributed by atoms with van der Waals surface area (Å²) in [4.78, 5) is 10.8. The van der Waals surface area contributed by atoms with Gasteiger partial charge in [0, 0.05) is 11.3 Å². The maximum Gasteiger partial charge on any atom is 0.371 e. The van der Waals surface area contributed by atoms with Crippen LogP contribution in [0.3, 0.4) is 0 Å². The third-order valence-corrected chi connectivity index (χ3v) is 3.08. The van der Waals surface area contributed by atoms with Crippen molar-refractivity contribution in [3.8, 4) is 0 Å². The molecule has 3 N–H and O–H groups in total. The molecule has 19 heavy (non-hydrogen) atoms. The Morgan fingerprint density at radius 3 is 2.68 bits per heavy atom. The molecule has 2 unspecified atom stereocenters. The third kappa shape index (κ3) is 2.89. The van der Waals surface area contributed by atoms with Gasteiger partial charge >= 0.3 is 5.97 Å². The van der Waals surface area contributed by atoms with E-state index in [1.165, 1.54) is 6.07 Å². The number of aromatic carboxylic acids is 1. The minimum absolute atomic E-state index is 0.164. The van der Waals surface area contributed by atoms with E-state index in [-0.39, 0.29) is 18.1 Å². The van der Waals surface area contributed by atoms with Crippen LogP contribution in [0.2, 0.25) is 0 Å². The highest BCUT2D eigenvalue weighted by atomic mass is 35.5. The summed E-state index contributed by atoms with van der Waals surface area (Å²) in [6.45, 7) is 0. The topological polar surface area (TPSA) is 90.9 Å². The van der Waals surface area contributed by atoms with Crippen LogP contribution in [0.1, 0.15) is 28.6 Å². The van der Waals surface area contributed by atoms with E-state index in [1.807, 2.05) is 0 Å². The number of benzene rings is 1. The van der Waals surface area contributed by atoms with Crippen LogP contribution in [-0.4, -0.2) is 33.3 Å². The molecule has 0 aliphatic heterocycles. The molecule has 1 aromatic heterocycles. The Morgan fingerprint density at radius 2 is 2.05 bits per heavy atom. The van der Waals surface area contributed by atoms with Crippen LogP contribution in [0, 0.1) is 0 Å². The van der Waals surface area contributed by atoms with E-state index in [1.54, 1.807) is 18.2 Å². The lowest BCUT2D eigenvalue weighted by atomic mass is 10.0. The first kappa shape index (κ1) is 13.9. The minimum atomic E-state index is -1.15. The lowest BCUT2D eigenvalue weighted by Gasteiger charge is -2.16. The SMILES string of the molecule is O=C(O)c1cc2cc(C(O)C(O)CCCl)ccc2o1. The van der Waals surface area contributed by atoms with E-state index in [4.69, 9.17) is 21.1 Å². The maximum absolute atomic E-state index is 10.8. The van der Waals surface area contributed by atoms with Crippen molar-refractivity contribution < 1.29 is 24.5 Å². The fourth-order valence-corrected chi connectivity index (χ4v) is 2.07. The number of carboxylic acids is 1. The van der Waals surface area contributed by atoms with Crippen molar-refractivity contribution in [2.45, 2.75) is 18.6 Å². The van der Waals surface area contributed by atoms with Gasteiger partial charge in [0.2, 0.25) is 5.76 Å². The molecule has 0 saturated heterocycles. The van der Waals surface area contributed by atoms with Crippen LogP contribution < -0.4 is 0 Å². The van der Waals surface area contributed by atoms with Crippen LogP contribution >= 0.6 is 11.6 Å². The first-order valence-electron chi connectivity index (χ1n) is 5.72. The van der Waals surface area contributed by atoms with Crippen LogP contribution in [-0.2, 0) is 0 Å². The van der Waals surface area contributed by atoms with Crippen LogP contribution in [0.15, 0.2) is 28.7 Å². The Labute approximate surface area is 114 Å². The normalized spacial score (nSPS) is 14.5. The molecule has 0 spiro atoms. The van der Waals surface area contributed by atoms with Gasteiger partial charge in [0.25, 0.3) is 0 Å². The van der Waals surface area contributed by atoms with Gasteiger partial charge in [-0.25, -0.2) is 4.79 Å². The van der Waals surface area contributed by atoms with Crippen molar-refractivity contribution in [1.29, 1.82) is 0 Å². The molecule has 0 bridgehead atoms. The molecule has 2 rings (SSSR count). The molecule has 1 heterocycles. The molecule has 0 amide bonds. The molecule has 0 aliphatic carbocycles. The van der Waals surface area contributed by atoms with Crippen LogP contribution in [0.5, 0.6) is 0 Å². The predicted octanol–water partition coefficient (Wildman–Crippen LogP) is 2.15. The Bertz CT molecular complexity index is 592. The summed E-state index contributed by atoms with van der Waals surface area (Å²) in [6.07, 6.45) is -1.75. The lowest BCUT2D eigenvalue weighted by Crippen LogP contribution is -2.18. The van der Waals surface area contributed by atoms with Gasteiger partial charge in [0.05, 0.1) is 6.10 Å². The highest BCUT2D eigenvalue weighted by Crippen LogP contribution is 2.26. The number of aliphatic hydroxyl groups excluding tert-OH is 2. The molecule has 1 aromatic carbocycles. The molecular formula is C13H13ClO5. The second-order valence-electron chi connectivity index (χ2n) is 4.20. The van der Waals surface area contributed by atoms with Crippen molar-refractivity contribution >= 4 is 28.5 Å². The smallest absolute Gasteiger partial charge is 0.371 e. The Kier molecular flexibility index (Phi) is 4.09. The van der Waals surface area contributed by atoms with Gasteiger partial charge < -0.3 is 19.7 Å². The Balaban J connectivity index is 2.32. The molecule has 6 heteroatoms. The molecule has 0 radical (unpaired) electrons. The van der Waals surface area contributed by atoms with E-state index in [9.17, 15) is 15.0 Å². The fourth-order valence-electron chi connectivity index (χ4n) is 1.84. The monoisotopic (exact) mass is 284 g/mol. The van der Waals surface area contributed by atoms with E-state index in [0.29, 0.717) is 16.5 Å². The standard InChI is InChI=1S/C13H13ClO5/c14-4-3-9(15)12(16)7-1-2-10-8(5-7)6-11(19-10)13(17)18/h1-2,5-6,9,12,15-16H,3-4H2,(H,17,18). The average Bonchev–Trinajstić information content (AvgIpc) is 2.81. The molecule has 0 saturated carbocycles. The molecule has 2 atom stereocenters. The van der Waals surface area contributed by atoms with Crippen molar-refractivity contribution in [2.75, 3.05) is 5.88 Å². The first-order chi connectivity index (χ1) is 9.02. The van der Waals surface area contributed by atoms with E-state index >= 15 is 0 Å². The van der Waals surface area contributed by atoms with Crippen molar-refractivity contribution in [3.05, 3.63) is 35.6 Å². The molecule has 2 aromatic rings. The van der Waals surface area contributed by atoms with Gasteiger partial charge in [0.1, 0.15) is 11.7 Å². The quantitative estimate of drug-likeness (QED) is 0.732. The number of halogens is 1. The van der Waals surface area contributed by atoms with Gasteiger partial charge in [0.15, 0.2) is 0 Å². The fraction of sp³-hybridized carbons (Fsp3) is 0.308. The Hall–Kier alpha value is -1.56. The van der Waals surface area contributed by atoms with Gasteiger partial charge in [-0.1, -0.05) is 6.07 Å². The number of carbonyl (C=O) groups is 1. The van der Waals surface area contributed by atoms with Gasteiger partial charge in [-0.05, 0) is 30.2 Å². The second kappa shape index (κ2) is 5.61. The second-order valence-corrected chi connectivity index (χ2v) is 4.58. The molecule has 102 valence electrons. The molecule has 0 fully saturated rings. The summed E-state index contributed by atoms with van der Waals surface area (Å²) in [5.41, 5.74) is 0.906. The zero-order valence-electron chi connectivity index (χ0n) is 9.91. The zero-order chi connectivity index (χ0) is 14.0. The molecule has 0 aliphatic rings. The van der Waals surface area contributed by atoms with Crippen LogP contribution in [0.4, 0.5) is 0 Å². The van der Waals surface area contributed by atoms with E-state index < -0.39 is 18.2 Å². The summed E-state index contributed by atoms with van der Waals surface area (Å²) in [5.74, 6) is -1.07. The van der Waals surface area contributed by atoms with Gasteiger partial charge in [-0.3, -0.25) is 0 Å². The zero-order valence-corrected chi connectivity index (χ0v) is 10.7. The highest BCUT2D eigenvalue weighted by Gasteiger charge is 2.19. The van der Waals surface area contributed by atoms with E-state index in [2.05, 4.69) is 0 Å². The van der Waals surface area contributed by atoms with Gasteiger partial charge in [-0.2, -0.15) is 0 Å². The number of hydrogen-bond acceptors (Lipinski definition) is 4. The summed E-state index contributed by atoms with van der Waals surface area (Å²) in [6, 6.07) is 6.11. The number of aliphatic hydroxyl groups is 2.